The number of hydrogen-bond donors (Lipinski definition) is 1. The number of nitrogens with one attached hydrogen (secondary N) is 1. The van der Waals surface area contributed by atoms with Crippen molar-refractivity contribution in [1.82, 2.24) is 5.32 Å². The van der Waals surface area contributed by atoms with Crippen molar-refractivity contribution in [3.05, 3.63) is 34.6 Å². The standard InChI is InChI=1S/C14H18BrClFNO/c1-14(2,3)11(7-8-15)18-13(19)12-9(16)5-4-6-10(12)17/h4-6,11H,7-8H2,1-3H3,(H,18,19). The van der Waals surface area contributed by atoms with Gasteiger partial charge in [-0.2, -0.15) is 0 Å². The van der Waals surface area contributed by atoms with Crippen LogP contribution in [-0.2, 0) is 0 Å². The Morgan fingerprint density at radius 1 is 1.47 bits per heavy atom. The van der Waals surface area contributed by atoms with Gasteiger partial charge in [0.05, 0.1) is 10.6 Å². The van der Waals surface area contributed by atoms with Gasteiger partial charge in [-0.05, 0) is 24.0 Å². The van der Waals surface area contributed by atoms with Gasteiger partial charge in [0, 0.05) is 11.4 Å². The van der Waals surface area contributed by atoms with Crippen LogP contribution in [0, 0.1) is 11.2 Å². The minimum atomic E-state index is -0.600. The summed E-state index contributed by atoms with van der Waals surface area (Å²) in [4.78, 5) is 12.2. The van der Waals surface area contributed by atoms with E-state index >= 15 is 0 Å². The first-order valence-corrected chi connectivity index (χ1v) is 7.58. The van der Waals surface area contributed by atoms with Crippen LogP contribution in [0.5, 0.6) is 0 Å². The molecule has 0 radical (unpaired) electrons. The minimum absolute atomic E-state index is 0.0601. The van der Waals surface area contributed by atoms with Gasteiger partial charge in [-0.1, -0.05) is 54.4 Å². The van der Waals surface area contributed by atoms with E-state index < -0.39 is 11.7 Å². The van der Waals surface area contributed by atoms with E-state index in [1.807, 2.05) is 20.8 Å². The SMILES string of the molecule is CC(C)(C)C(CCBr)NC(=O)c1c(F)cccc1Cl. The first-order chi connectivity index (χ1) is 8.77. The molecule has 106 valence electrons. The highest BCUT2D eigenvalue weighted by atomic mass is 79.9. The summed E-state index contributed by atoms with van der Waals surface area (Å²) < 4.78 is 13.7. The Hall–Kier alpha value is -0.610. The first-order valence-electron chi connectivity index (χ1n) is 6.08. The fourth-order valence-corrected chi connectivity index (χ4v) is 2.48. The molecule has 0 heterocycles. The molecule has 0 aromatic heterocycles. The van der Waals surface area contributed by atoms with Crippen LogP contribution in [0.25, 0.3) is 0 Å². The first kappa shape index (κ1) is 16.4. The van der Waals surface area contributed by atoms with E-state index in [0.29, 0.717) is 0 Å². The zero-order valence-electron chi connectivity index (χ0n) is 11.3. The Labute approximate surface area is 126 Å². The Balaban J connectivity index is 2.95. The smallest absolute Gasteiger partial charge is 0.256 e. The van der Waals surface area contributed by atoms with Gasteiger partial charge in [0.1, 0.15) is 5.82 Å². The predicted octanol–water partition coefficient (Wildman–Crippen LogP) is 4.41. The molecule has 0 saturated heterocycles. The Bertz CT molecular complexity index is 439. The van der Waals surface area contributed by atoms with Crippen LogP contribution in [0.1, 0.15) is 37.6 Å². The molecule has 0 aliphatic heterocycles. The van der Waals surface area contributed by atoms with Crippen molar-refractivity contribution < 1.29 is 9.18 Å². The van der Waals surface area contributed by atoms with Crippen molar-refractivity contribution >= 4 is 33.4 Å². The van der Waals surface area contributed by atoms with Crippen molar-refractivity contribution in [2.75, 3.05) is 5.33 Å². The Morgan fingerprint density at radius 3 is 2.58 bits per heavy atom. The summed E-state index contributed by atoms with van der Waals surface area (Å²) in [7, 11) is 0. The topological polar surface area (TPSA) is 29.1 Å². The van der Waals surface area contributed by atoms with Crippen molar-refractivity contribution in [1.29, 1.82) is 0 Å². The minimum Gasteiger partial charge on any atom is -0.349 e. The molecule has 5 heteroatoms. The van der Waals surface area contributed by atoms with Gasteiger partial charge in [-0.15, -0.1) is 0 Å². The monoisotopic (exact) mass is 349 g/mol. The average Bonchev–Trinajstić information content (AvgIpc) is 2.27. The van der Waals surface area contributed by atoms with E-state index in [0.717, 1.165) is 11.8 Å². The number of carbonyl (C=O) groups excluding carboxylic acids is 1. The van der Waals surface area contributed by atoms with Crippen molar-refractivity contribution in [3.63, 3.8) is 0 Å². The van der Waals surface area contributed by atoms with Crippen molar-refractivity contribution in [2.45, 2.75) is 33.2 Å². The number of rotatable bonds is 4. The molecule has 1 rings (SSSR count). The maximum atomic E-state index is 13.7. The highest BCUT2D eigenvalue weighted by Crippen LogP contribution is 2.24. The zero-order chi connectivity index (χ0) is 14.6. The maximum Gasteiger partial charge on any atom is 0.256 e. The van der Waals surface area contributed by atoms with Gasteiger partial charge < -0.3 is 5.32 Å². The van der Waals surface area contributed by atoms with Gasteiger partial charge in [-0.25, -0.2) is 4.39 Å². The number of alkyl halides is 1. The van der Waals surface area contributed by atoms with Crippen LogP contribution in [0.15, 0.2) is 18.2 Å². The van der Waals surface area contributed by atoms with Crippen LogP contribution >= 0.6 is 27.5 Å². The molecule has 1 unspecified atom stereocenters. The molecule has 0 fully saturated rings. The molecule has 1 aromatic carbocycles. The summed E-state index contributed by atoms with van der Waals surface area (Å²) in [6, 6.07) is 4.16. The molecule has 0 spiro atoms. The third-order valence-corrected chi connectivity index (χ3v) is 3.71. The average molecular weight is 351 g/mol. The quantitative estimate of drug-likeness (QED) is 0.801. The number of hydrogen-bond acceptors (Lipinski definition) is 1. The van der Waals surface area contributed by atoms with Gasteiger partial charge in [0.15, 0.2) is 0 Å². The molecule has 0 saturated carbocycles. The highest BCUT2D eigenvalue weighted by molar-refractivity contribution is 9.09. The number of benzene rings is 1. The molecule has 2 nitrogen and oxygen atoms in total. The second-order valence-electron chi connectivity index (χ2n) is 5.47. The predicted molar refractivity (Wildman–Crippen MR) is 80.5 cm³/mol. The summed E-state index contributed by atoms with van der Waals surface area (Å²) in [5, 5.41) is 3.76. The summed E-state index contributed by atoms with van der Waals surface area (Å²) in [6.45, 7) is 6.09. The Kier molecular flexibility index (Phi) is 5.81. The molecule has 0 bridgehead atoms. The van der Waals surface area contributed by atoms with Crippen LogP contribution in [0.2, 0.25) is 5.02 Å². The van der Waals surface area contributed by atoms with E-state index in [-0.39, 0.29) is 22.0 Å². The van der Waals surface area contributed by atoms with Gasteiger partial charge >= 0.3 is 0 Å². The molecule has 1 N–H and O–H groups in total. The third kappa shape index (κ3) is 4.46. The molecule has 19 heavy (non-hydrogen) atoms. The summed E-state index contributed by atoms with van der Waals surface area (Å²) >= 11 is 9.26. The second-order valence-corrected chi connectivity index (χ2v) is 6.67. The molecule has 0 aliphatic rings. The molecule has 1 aromatic rings. The van der Waals surface area contributed by atoms with E-state index in [4.69, 9.17) is 11.6 Å². The lowest BCUT2D eigenvalue weighted by Gasteiger charge is -2.31. The molecule has 1 amide bonds. The van der Waals surface area contributed by atoms with E-state index in [2.05, 4.69) is 21.2 Å². The zero-order valence-corrected chi connectivity index (χ0v) is 13.6. The number of carbonyl (C=O) groups is 1. The lowest BCUT2D eigenvalue weighted by molar-refractivity contribution is 0.0897. The fraction of sp³-hybridized carbons (Fsp3) is 0.500. The summed E-state index contributed by atoms with van der Waals surface area (Å²) in [5.41, 5.74) is -0.200. The summed E-state index contributed by atoms with van der Waals surface area (Å²) in [6.07, 6.45) is 0.765. The number of amides is 1. The van der Waals surface area contributed by atoms with Gasteiger partial charge in [-0.3, -0.25) is 4.79 Å². The molecule has 1 atom stereocenters. The third-order valence-electron chi connectivity index (χ3n) is 2.94. The Morgan fingerprint density at radius 2 is 2.11 bits per heavy atom. The van der Waals surface area contributed by atoms with E-state index in [1.165, 1.54) is 18.2 Å². The molecular weight excluding hydrogens is 333 g/mol. The lowest BCUT2D eigenvalue weighted by Crippen LogP contribution is -2.44. The van der Waals surface area contributed by atoms with Crippen molar-refractivity contribution in [2.24, 2.45) is 5.41 Å². The molecular formula is C14H18BrClFNO. The van der Waals surface area contributed by atoms with Crippen molar-refractivity contribution in [3.8, 4) is 0 Å². The lowest BCUT2D eigenvalue weighted by atomic mass is 9.85. The van der Waals surface area contributed by atoms with Gasteiger partial charge in [0.25, 0.3) is 5.91 Å². The van der Waals surface area contributed by atoms with Crippen LogP contribution in [0.4, 0.5) is 4.39 Å². The highest BCUT2D eigenvalue weighted by Gasteiger charge is 2.27. The normalized spacial score (nSPS) is 13.2. The van der Waals surface area contributed by atoms with Crippen LogP contribution in [0.3, 0.4) is 0 Å². The second kappa shape index (κ2) is 6.71. The van der Waals surface area contributed by atoms with E-state index in [1.54, 1.807) is 0 Å². The van der Waals surface area contributed by atoms with E-state index in [9.17, 15) is 9.18 Å². The molecule has 0 aliphatic carbocycles. The summed E-state index contributed by atoms with van der Waals surface area (Å²) in [5.74, 6) is -1.07. The fourth-order valence-electron chi connectivity index (χ4n) is 1.78. The van der Waals surface area contributed by atoms with Crippen LogP contribution < -0.4 is 5.32 Å². The largest absolute Gasteiger partial charge is 0.349 e. The van der Waals surface area contributed by atoms with Gasteiger partial charge in [0.2, 0.25) is 0 Å². The van der Waals surface area contributed by atoms with Crippen LogP contribution in [-0.4, -0.2) is 17.3 Å². The maximum absolute atomic E-state index is 13.7. The number of halogens is 3.